The fraction of sp³-hybridized carbons (Fsp3) is 0.455. The Bertz CT molecular complexity index is 301. The minimum atomic E-state index is 0.137. The smallest absolute Gasteiger partial charge is 0.134 e. The number of nitrogens with one attached hydrogen (secondary N) is 1. The largest absolute Gasteiger partial charge is 0.506 e. The lowest BCUT2D eigenvalue weighted by atomic mass is 10.1. The second kappa shape index (κ2) is 5.23. The van der Waals surface area contributed by atoms with Crippen molar-refractivity contribution in [2.75, 3.05) is 6.54 Å². The van der Waals surface area contributed by atoms with Gasteiger partial charge < -0.3 is 10.4 Å². The first kappa shape index (κ1) is 11.3. The van der Waals surface area contributed by atoms with E-state index in [0.717, 1.165) is 18.5 Å². The Labute approximate surface area is 89.9 Å². The number of rotatable bonds is 4. The average Bonchev–Trinajstić information content (AvgIpc) is 2.18. The molecule has 0 aromatic heterocycles. The topological polar surface area (TPSA) is 32.3 Å². The average molecular weight is 214 g/mol. The van der Waals surface area contributed by atoms with E-state index in [1.807, 2.05) is 6.07 Å². The summed E-state index contributed by atoms with van der Waals surface area (Å²) in [5.74, 6) is 0.137. The molecule has 0 fully saturated rings. The first-order chi connectivity index (χ1) is 6.65. The first-order valence-electron chi connectivity index (χ1n) is 4.87. The molecular weight excluding hydrogens is 198 g/mol. The summed E-state index contributed by atoms with van der Waals surface area (Å²) in [6.45, 7) is 5.20. The monoisotopic (exact) mass is 213 g/mol. The lowest BCUT2D eigenvalue weighted by Crippen LogP contribution is -2.19. The van der Waals surface area contributed by atoms with Crippen LogP contribution in [0.2, 0.25) is 5.02 Å². The van der Waals surface area contributed by atoms with Crippen LogP contribution in [0, 0.1) is 0 Å². The summed E-state index contributed by atoms with van der Waals surface area (Å²) in [5.41, 5.74) is 1.10. The molecule has 0 heterocycles. The van der Waals surface area contributed by atoms with Gasteiger partial charge in [0.05, 0.1) is 5.02 Å². The summed E-state index contributed by atoms with van der Waals surface area (Å²) in [7, 11) is 0. The van der Waals surface area contributed by atoms with Gasteiger partial charge in [-0.2, -0.15) is 0 Å². The van der Waals surface area contributed by atoms with Gasteiger partial charge in [0.1, 0.15) is 5.75 Å². The first-order valence-corrected chi connectivity index (χ1v) is 5.24. The lowest BCUT2D eigenvalue weighted by Gasteiger charge is -2.13. The molecule has 0 spiro atoms. The number of phenols is 1. The molecule has 2 N–H and O–H groups in total. The van der Waals surface area contributed by atoms with Crippen LogP contribution in [0.3, 0.4) is 0 Å². The molecule has 0 saturated carbocycles. The predicted octanol–water partition coefficient (Wildman–Crippen LogP) is 3.11. The maximum absolute atomic E-state index is 9.25. The highest BCUT2D eigenvalue weighted by Crippen LogP contribution is 2.26. The van der Waals surface area contributed by atoms with Gasteiger partial charge in [0, 0.05) is 6.04 Å². The molecule has 0 radical (unpaired) electrons. The van der Waals surface area contributed by atoms with Gasteiger partial charge in [0.15, 0.2) is 0 Å². The molecule has 14 heavy (non-hydrogen) atoms. The van der Waals surface area contributed by atoms with Crippen LogP contribution in [-0.4, -0.2) is 11.7 Å². The molecule has 0 saturated heterocycles. The van der Waals surface area contributed by atoms with Gasteiger partial charge in [0.2, 0.25) is 0 Å². The SMILES string of the molecule is CCCNC(C)c1ccc(O)c(Cl)c1. The number of phenolic OH excluding ortho intramolecular Hbond substituents is 1. The molecule has 1 atom stereocenters. The minimum absolute atomic E-state index is 0.137. The van der Waals surface area contributed by atoms with Gasteiger partial charge >= 0.3 is 0 Å². The minimum Gasteiger partial charge on any atom is -0.506 e. The zero-order chi connectivity index (χ0) is 10.6. The second-order valence-electron chi connectivity index (χ2n) is 3.39. The highest BCUT2D eigenvalue weighted by Gasteiger charge is 2.06. The zero-order valence-corrected chi connectivity index (χ0v) is 9.30. The molecule has 0 aliphatic rings. The molecule has 3 heteroatoms. The van der Waals surface area contributed by atoms with Gasteiger partial charge in [-0.25, -0.2) is 0 Å². The van der Waals surface area contributed by atoms with Crippen molar-refractivity contribution in [1.82, 2.24) is 5.32 Å². The van der Waals surface area contributed by atoms with E-state index in [2.05, 4.69) is 19.2 Å². The van der Waals surface area contributed by atoms with Crippen LogP contribution in [-0.2, 0) is 0 Å². The fourth-order valence-electron chi connectivity index (χ4n) is 1.27. The quantitative estimate of drug-likeness (QED) is 0.806. The summed E-state index contributed by atoms with van der Waals surface area (Å²) in [6, 6.07) is 5.58. The molecule has 1 aromatic carbocycles. The van der Waals surface area contributed by atoms with E-state index in [9.17, 15) is 5.11 Å². The molecule has 0 aliphatic heterocycles. The van der Waals surface area contributed by atoms with Crippen LogP contribution in [0.4, 0.5) is 0 Å². The van der Waals surface area contributed by atoms with E-state index in [-0.39, 0.29) is 11.8 Å². The van der Waals surface area contributed by atoms with E-state index in [1.165, 1.54) is 0 Å². The van der Waals surface area contributed by atoms with E-state index >= 15 is 0 Å². The van der Waals surface area contributed by atoms with Crippen molar-refractivity contribution in [3.8, 4) is 5.75 Å². The van der Waals surface area contributed by atoms with Gasteiger partial charge in [-0.15, -0.1) is 0 Å². The van der Waals surface area contributed by atoms with Crippen LogP contribution in [0.25, 0.3) is 0 Å². The van der Waals surface area contributed by atoms with Crippen LogP contribution < -0.4 is 5.32 Å². The third-order valence-electron chi connectivity index (χ3n) is 2.17. The molecule has 0 bridgehead atoms. The van der Waals surface area contributed by atoms with Gasteiger partial charge in [-0.3, -0.25) is 0 Å². The molecule has 2 nitrogen and oxygen atoms in total. The van der Waals surface area contributed by atoms with Crippen LogP contribution in [0.1, 0.15) is 31.9 Å². The van der Waals surface area contributed by atoms with Gasteiger partial charge in [-0.05, 0) is 37.6 Å². The van der Waals surface area contributed by atoms with E-state index < -0.39 is 0 Å². The Morgan fingerprint density at radius 3 is 2.79 bits per heavy atom. The van der Waals surface area contributed by atoms with Crippen molar-refractivity contribution in [2.45, 2.75) is 26.3 Å². The molecule has 1 aromatic rings. The number of benzene rings is 1. The zero-order valence-electron chi connectivity index (χ0n) is 8.55. The fourth-order valence-corrected chi connectivity index (χ4v) is 1.46. The molecular formula is C11H16ClNO. The summed E-state index contributed by atoms with van der Waals surface area (Å²) in [6.07, 6.45) is 1.11. The Morgan fingerprint density at radius 2 is 2.21 bits per heavy atom. The van der Waals surface area contributed by atoms with Crippen LogP contribution in [0.5, 0.6) is 5.75 Å². The second-order valence-corrected chi connectivity index (χ2v) is 3.79. The predicted molar refractivity (Wildman–Crippen MR) is 59.8 cm³/mol. The number of hydrogen-bond acceptors (Lipinski definition) is 2. The van der Waals surface area contributed by atoms with Crippen molar-refractivity contribution >= 4 is 11.6 Å². The molecule has 0 aliphatic carbocycles. The highest BCUT2D eigenvalue weighted by atomic mass is 35.5. The van der Waals surface area contributed by atoms with E-state index in [0.29, 0.717) is 5.02 Å². The summed E-state index contributed by atoms with van der Waals surface area (Å²) in [5, 5.41) is 13.0. The number of halogens is 1. The Balaban J connectivity index is 2.70. The number of hydrogen-bond donors (Lipinski definition) is 2. The normalized spacial score (nSPS) is 12.8. The van der Waals surface area contributed by atoms with Gasteiger partial charge in [-0.1, -0.05) is 24.6 Å². The number of aromatic hydroxyl groups is 1. The van der Waals surface area contributed by atoms with E-state index in [1.54, 1.807) is 12.1 Å². The van der Waals surface area contributed by atoms with Crippen molar-refractivity contribution in [3.63, 3.8) is 0 Å². The molecule has 78 valence electrons. The molecule has 0 amide bonds. The van der Waals surface area contributed by atoms with E-state index in [4.69, 9.17) is 11.6 Å². The third kappa shape index (κ3) is 2.89. The summed E-state index contributed by atoms with van der Waals surface area (Å²) < 4.78 is 0. The molecule has 1 unspecified atom stereocenters. The van der Waals surface area contributed by atoms with Crippen LogP contribution in [0.15, 0.2) is 18.2 Å². The maximum atomic E-state index is 9.25. The Morgan fingerprint density at radius 1 is 1.50 bits per heavy atom. The van der Waals surface area contributed by atoms with Crippen LogP contribution >= 0.6 is 11.6 Å². The standard InChI is InChI=1S/C11H16ClNO/c1-3-6-13-8(2)9-4-5-11(14)10(12)7-9/h4-5,7-8,13-14H,3,6H2,1-2H3. The molecule has 1 rings (SSSR count). The third-order valence-corrected chi connectivity index (χ3v) is 2.47. The lowest BCUT2D eigenvalue weighted by molar-refractivity contribution is 0.474. The Kier molecular flexibility index (Phi) is 4.23. The van der Waals surface area contributed by atoms with Crippen molar-refractivity contribution < 1.29 is 5.11 Å². The van der Waals surface area contributed by atoms with Crippen molar-refractivity contribution in [3.05, 3.63) is 28.8 Å². The van der Waals surface area contributed by atoms with Crippen molar-refractivity contribution in [2.24, 2.45) is 0 Å². The summed E-state index contributed by atoms with van der Waals surface area (Å²) in [4.78, 5) is 0. The van der Waals surface area contributed by atoms with Gasteiger partial charge in [0.25, 0.3) is 0 Å². The Hall–Kier alpha value is -0.730. The maximum Gasteiger partial charge on any atom is 0.134 e. The van der Waals surface area contributed by atoms with Crippen molar-refractivity contribution in [1.29, 1.82) is 0 Å². The highest BCUT2D eigenvalue weighted by molar-refractivity contribution is 6.32. The summed E-state index contributed by atoms with van der Waals surface area (Å²) >= 11 is 5.81.